The molecule has 1 aliphatic carbocycles. The normalized spacial score (nSPS) is 26.4. The quantitative estimate of drug-likeness (QED) is 0.926. The van der Waals surface area contributed by atoms with E-state index in [4.69, 9.17) is 9.15 Å². The smallest absolute Gasteiger partial charge is 0.223 e. The lowest BCUT2D eigenvalue weighted by Gasteiger charge is -2.32. The van der Waals surface area contributed by atoms with E-state index in [1.54, 1.807) is 12.5 Å². The molecule has 2 aliphatic rings. The lowest BCUT2D eigenvalue weighted by Crippen LogP contribution is -2.43. The van der Waals surface area contributed by atoms with Gasteiger partial charge in [-0.25, -0.2) is 4.68 Å². The number of fused-ring (bicyclic) bond motifs is 1. The van der Waals surface area contributed by atoms with Crippen molar-refractivity contribution in [3.63, 3.8) is 0 Å². The van der Waals surface area contributed by atoms with E-state index in [1.165, 1.54) is 0 Å². The lowest BCUT2D eigenvalue weighted by molar-refractivity contribution is -0.129. The van der Waals surface area contributed by atoms with Gasteiger partial charge in [-0.3, -0.25) is 4.79 Å². The van der Waals surface area contributed by atoms with Gasteiger partial charge in [0.1, 0.15) is 5.69 Å². The van der Waals surface area contributed by atoms with Gasteiger partial charge in [0.25, 0.3) is 0 Å². The molecule has 0 aromatic carbocycles. The first-order valence-corrected chi connectivity index (χ1v) is 8.05. The molecule has 0 spiro atoms. The van der Waals surface area contributed by atoms with Crippen molar-refractivity contribution in [3.05, 3.63) is 24.3 Å². The zero-order valence-electron chi connectivity index (χ0n) is 13.1. The Kier molecular flexibility index (Phi) is 3.65. The highest BCUT2D eigenvalue weighted by Gasteiger charge is 2.32. The maximum Gasteiger partial charge on any atom is 0.223 e. The standard InChI is InChI=1S/C16H20N4O3/c1-10-4-12(5-10)16(21)17-6-13-7-20-14(9-23-13)15(18-19-20)11-2-3-22-8-11/h2-3,8,10,12-13H,4-7,9H2,1H3,(H,17,21). The van der Waals surface area contributed by atoms with E-state index in [0.29, 0.717) is 25.6 Å². The van der Waals surface area contributed by atoms with Crippen molar-refractivity contribution in [3.8, 4) is 11.3 Å². The molecule has 122 valence electrons. The Bertz CT molecular complexity index is 688. The third kappa shape index (κ3) is 2.76. The number of carbonyl (C=O) groups is 1. The maximum atomic E-state index is 12.0. The molecule has 7 heteroatoms. The van der Waals surface area contributed by atoms with Crippen LogP contribution in [0.4, 0.5) is 0 Å². The molecule has 1 unspecified atom stereocenters. The number of furan rings is 1. The highest BCUT2D eigenvalue weighted by atomic mass is 16.5. The number of aromatic nitrogens is 3. The molecular formula is C16H20N4O3. The summed E-state index contributed by atoms with van der Waals surface area (Å²) in [6.45, 7) is 3.73. The molecule has 1 aliphatic heterocycles. The van der Waals surface area contributed by atoms with Crippen LogP contribution < -0.4 is 5.32 Å². The minimum absolute atomic E-state index is 0.0668. The van der Waals surface area contributed by atoms with Crippen LogP contribution in [-0.4, -0.2) is 33.5 Å². The third-order valence-corrected chi connectivity index (χ3v) is 4.71. The molecule has 0 saturated heterocycles. The second-order valence-electron chi connectivity index (χ2n) is 6.53. The Hall–Kier alpha value is -2.15. The van der Waals surface area contributed by atoms with Gasteiger partial charge in [-0.2, -0.15) is 0 Å². The van der Waals surface area contributed by atoms with E-state index in [2.05, 4.69) is 22.6 Å². The second-order valence-corrected chi connectivity index (χ2v) is 6.53. The van der Waals surface area contributed by atoms with Gasteiger partial charge in [-0.15, -0.1) is 5.10 Å². The van der Waals surface area contributed by atoms with Crippen molar-refractivity contribution in [1.29, 1.82) is 0 Å². The van der Waals surface area contributed by atoms with E-state index < -0.39 is 0 Å². The summed E-state index contributed by atoms with van der Waals surface area (Å²) in [5, 5.41) is 11.4. The minimum Gasteiger partial charge on any atom is -0.472 e. The molecule has 2 aromatic heterocycles. The Balaban J connectivity index is 1.35. The lowest BCUT2D eigenvalue weighted by atomic mass is 9.76. The average molecular weight is 316 g/mol. The molecule has 1 amide bonds. The summed E-state index contributed by atoms with van der Waals surface area (Å²) in [5.41, 5.74) is 2.65. The maximum absolute atomic E-state index is 12.0. The molecule has 2 aromatic rings. The van der Waals surface area contributed by atoms with E-state index in [9.17, 15) is 4.79 Å². The van der Waals surface area contributed by atoms with Crippen molar-refractivity contribution in [1.82, 2.24) is 20.3 Å². The van der Waals surface area contributed by atoms with Crippen molar-refractivity contribution in [2.75, 3.05) is 6.54 Å². The molecule has 1 N–H and O–H groups in total. The Morgan fingerprint density at radius 1 is 1.48 bits per heavy atom. The highest BCUT2D eigenvalue weighted by Crippen LogP contribution is 2.33. The van der Waals surface area contributed by atoms with Gasteiger partial charge in [-0.05, 0) is 24.8 Å². The average Bonchev–Trinajstić information content (AvgIpc) is 3.17. The zero-order chi connectivity index (χ0) is 15.8. The predicted molar refractivity (Wildman–Crippen MR) is 81.2 cm³/mol. The van der Waals surface area contributed by atoms with Gasteiger partial charge >= 0.3 is 0 Å². The van der Waals surface area contributed by atoms with Gasteiger partial charge in [-0.1, -0.05) is 12.1 Å². The summed E-state index contributed by atoms with van der Waals surface area (Å²) in [6.07, 6.45) is 5.20. The fourth-order valence-corrected chi connectivity index (χ4v) is 3.29. The molecule has 7 nitrogen and oxygen atoms in total. The number of hydrogen-bond donors (Lipinski definition) is 1. The van der Waals surface area contributed by atoms with E-state index in [0.717, 1.165) is 29.8 Å². The largest absolute Gasteiger partial charge is 0.472 e. The molecule has 4 rings (SSSR count). The summed E-state index contributed by atoms with van der Waals surface area (Å²) in [5.74, 6) is 1.01. The number of amides is 1. The van der Waals surface area contributed by atoms with Crippen molar-refractivity contribution in [2.45, 2.75) is 39.0 Å². The van der Waals surface area contributed by atoms with Crippen LogP contribution >= 0.6 is 0 Å². The van der Waals surface area contributed by atoms with E-state index >= 15 is 0 Å². The summed E-state index contributed by atoms with van der Waals surface area (Å²) >= 11 is 0. The van der Waals surface area contributed by atoms with Crippen LogP contribution in [0.1, 0.15) is 25.5 Å². The molecule has 0 radical (unpaired) electrons. The molecule has 1 saturated carbocycles. The van der Waals surface area contributed by atoms with Crippen LogP contribution in [0.5, 0.6) is 0 Å². The topological polar surface area (TPSA) is 82.2 Å². The molecular weight excluding hydrogens is 296 g/mol. The molecule has 1 atom stereocenters. The molecule has 3 heterocycles. The number of nitrogens with one attached hydrogen (secondary N) is 1. The molecule has 23 heavy (non-hydrogen) atoms. The fourth-order valence-electron chi connectivity index (χ4n) is 3.29. The first-order chi connectivity index (χ1) is 11.2. The van der Waals surface area contributed by atoms with Crippen molar-refractivity contribution in [2.24, 2.45) is 11.8 Å². The van der Waals surface area contributed by atoms with E-state index in [-0.39, 0.29) is 17.9 Å². The zero-order valence-corrected chi connectivity index (χ0v) is 13.1. The van der Waals surface area contributed by atoms with Crippen LogP contribution in [0.2, 0.25) is 0 Å². The number of ether oxygens (including phenoxy) is 1. The molecule has 0 bridgehead atoms. The van der Waals surface area contributed by atoms with Gasteiger partial charge in [0.05, 0.1) is 37.5 Å². The van der Waals surface area contributed by atoms with Crippen molar-refractivity contribution < 1.29 is 13.9 Å². The highest BCUT2D eigenvalue weighted by molar-refractivity contribution is 5.79. The first kappa shape index (κ1) is 14.4. The SMILES string of the molecule is CC1CC(C(=O)NCC2Cn3nnc(-c4ccoc4)c3CO2)C1. The van der Waals surface area contributed by atoms with Gasteiger partial charge in [0.2, 0.25) is 5.91 Å². The monoisotopic (exact) mass is 316 g/mol. The Morgan fingerprint density at radius 3 is 3.09 bits per heavy atom. The van der Waals surface area contributed by atoms with Crippen molar-refractivity contribution >= 4 is 5.91 Å². The van der Waals surface area contributed by atoms with Crippen LogP contribution in [0.15, 0.2) is 23.0 Å². The second kappa shape index (κ2) is 5.81. The van der Waals surface area contributed by atoms with Crippen LogP contribution in [0.25, 0.3) is 11.3 Å². The number of nitrogens with zero attached hydrogens (tertiary/aromatic N) is 3. The number of rotatable bonds is 4. The summed E-state index contributed by atoms with van der Waals surface area (Å²) in [7, 11) is 0. The first-order valence-electron chi connectivity index (χ1n) is 8.05. The summed E-state index contributed by atoms with van der Waals surface area (Å²) in [6, 6.07) is 1.86. The van der Waals surface area contributed by atoms with Crippen LogP contribution in [0, 0.1) is 11.8 Å². The van der Waals surface area contributed by atoms with E-state index in [1.807, 2.05) is 10.7 Å². The van der Waals surface area contributed by atoms with Gasteiger partial charge in [0.15, 0.2) is 0 Å². The predicted octanol–water partition coefficient (Wildman–Crippen LogP) is 1.60. The minimum atomic E-state index is -0.0668. The molecule has 1 fully saturated rings. The Labute approximate surface area is 134 Å². The number of hydrogen-bond acceptors (Lipinski definition) is 5. The Morgan fingerprint density at radius 2 is 2.35 bits per heavy atom. The summed E-state index contributed by atoms with van der Waals surface area (Å²) in [4.78, 5) is 12.0. The number of carbonyl (C=O) groups excluding carboxylic acids is 1. The van der Waals surface area contributed by atoms with Gasteiger partial charge in [0, 0.05) is 18.0 Å². The fraction of sp³-hybridized carbons (Fsp3) is 0.562. The summed E-state index contributed by atoms with van der Waals surface area (Å²) < 4.78 is 12.8. The third-order valence-electron chi connectivity index (χ3n) is 4.71. The van der Waals surface area contributed by atoms with Crippen LogP contribution in [0.3, 0.4) is 0 Å². The van der Waals surface area contributed by atoms with Gasteiger partial charge < -0.3 is 14.5 Å². The van der Waals surface area contributed by atoms with Crippen LogP contribution in [-0.2, 0) is 22.7 Å².